The van der Waals surface area contributed by atoms with Crippen LogP contribution in [0.4, 0.5) is 9.80 Å². The van der Waals surface area contributed by atoms with Crippen LogP contribution >= 0.6 is 11.3 Å². The molecule has 0 atom stereocenters. The second kappa shape index (κ2) is 9.03. The number of rotatable bonds is 7. The van der Waals surface area contributed by atoms with Crippen molar-refractivity contribution in [2.24, 2.45) is 0 Å². The van der Waals surface area contributed by atoms with Crippen molar-refractivity contribution in [2.45, 2.75) is 40.0 Å². The van der Waals surface area contributed by atoms with E-state index < -0.39 is 5.97 Å². The number of carbonyl (C=O) groups excluding carboxylic acids is 2. The molecule has 1 aromatic heterocycles. The zero-order chi connectivity index (χ0) is 18.3. The van der Waals surface area contributed by atoms with Crippen LogP contribution in [0.3, 0.4) is 0 Å². The third kappa shape index (κ3) is 5.79. The van der Waals surface area contributed by atoms with E-state index in [-0.39, 0.29) is 11.4 Å². The van der Waals surface area contributed by atoms with E-state index in [9.17, 15) is 9.59 Å². The molecular formula is C17H29N3O3S. The van der Waals surface area contributed by atoms with Gasteiger partial charge < -0.3 is 15.0 Å². The number of nitrogens with zero attached hydrogens (tertiary/aromatic N) is 1. The Labute approximate surface area is 148 Å². The number of ether oxygens (including phenoxy) is 1. The Morgan fingerprint density at radius 3 is 2.38 bits per heavy atom. The molecule has 0 fully saturated rings. The Hall–Kier alpha value is -1.60. The zero-order valence-electron chi connectivity index (χ0n) is 15.5. The first-order valence-corrected chi connectivity index (χ1v) is 9.04. The highest BCUT2D eigenvalue weighted by atomic mass is 32.1. The highest BCUT2D eigenvalue weighted by Gasteiger charge is 2.24. The van der Waals surface area contributed by atoms with Crippen molar-refractivity contribution in [2.75, 3.05) is 38.6 Å². The molecule has 2 N–H and O–H groups in total. The fourth-order valence-electron chi connectivity index (χ4n) is 2.13. The summed E-state index contributed by atoms with van der Waals surface area (Å²) < 4.78 is 4.82. The van der Waals surface area contributed by atoms with Crippen LogP contribution < -0.4 is 10.6 Å². The molecular weight excluding hydrogens is 326 g/mol. The van der Waals surface area contributed by atoms with Crippen LogP contribution in [0.5, 0.6) is 0 Å². The van der Waals surface area contributed by atoms with Gasteiger partial charge in [0, 0.05) is 18.0 Å². The summed E-state index contributed by atoms with van der Waals surface area (Å²) in [6.45, 7) is 13.6. The van der Waals surface area contributed by atoms with Gasteiger partial charge in [0.05, 0.1) is 12.7 Å². The minimum absolute atomic E-state index is 0.105. The molecule has 7 heteroatoms. The van der Waals surface area contributed by atoms with Crippen molar-refractivity contribution in [3.8, 4) is 0 Å². The number of amides is 2. The highest BCUT2D eigenvalue weighted by Crippen LogP contribution is 2.36. The van der Waals surface area contributed by atoms with Gasteiger partial charge in [-0.15, -0.1) is 11.3 Å². The Kier molecular flexibility index (Phi) is 7.69. The van der Waals surface area contributed by atoms with Gasteiger partial charge in [-0.3, -0.25) is 5.32 Å². The summed E-state index contributed by atoms with van der Waals surface area (Å²) in [7, 11) is 1.34. The van der Waals surface area contributed by atoms with Crippen LogP contribution in [0.1, 0.15) is 49.9 Å². The minimum atomic E-state index is -0.444. The minimum Gasteiger partial charge on any atom is -0.465 e. The lowest BCUT2D eigenvalue weighted by Crippen LogP contribution is -2.36. The average Bonchev–Trinajstić information content (AvgIpc) is 2.94. The summed E-state index contributed by atoms with van der Waals surface area (Å²) in [5.74, 6) is -0.444. The molecule has 0 saturated heterocycles. The summed E-state index contributed by atoms with van der Waals surface area (Å²) in [5.41, 5.74) is 0.290. The molecule has 2 amide bonds. The topological polar surface area (TPSA) is 70.7 Å². The summed E-state index contributed by atoms with van der Waals surface area (Å²) in [6.07, 6.45) is 0. The normalized spacial score (nSPS) is 11.5. The number of anilines is 1. The standard InChI is InChI=1S/C17H29N3O3S/c1-7-20(8-2)10-9-18-16(22)19-14-12(15(21)23-6)11-13(24-14)17(3,4)5/h11H,7-10H2,1-6H3,(H2,18,19,22). The molecule has 1 aromatic rings. The van der Waals surface area contributed by atoms with E-state index >= 15 is 0 Å². The van der Waals surface area contributed by atoms with Gasteiger partial charge in [-0.2, -0.15) is 0 Å². The number of urea groups is 1. The molecule has 0 aliphatic rings. The number of carbonyl (C=O) groups is 2. The first-order chi connectivity index (χ1) is 11.2. The molecule has 0 aromatic carbocycles. The molecule has 136 valence electrons. The highest BCUT2D eigenvalue weighted by molar-refractivity contribution is 7.16. The molecule has 24 heavy (non-hydrogen) atoms. The van der Waals surface area contributed by atoms with Crippen LogP contribution in [-0.2, 0) is 10.2 Å². The number of methoxy groups -OCH3 is 1. The molecule has 1 heterocycles. The van der Waals surface area contributed by atoms with Crippen LogP contribution in [0, 0.1) is 0 Å². The van der Waals surface area contributed by atoms with E-state index in [1.54, 1.807) is 6.07 Å². The third-order valence-corrected chi connectivity index (χ3v) is 5.19. The third-order valence-electron chi connectivity index (χ3n) is 3.71. The zero-order valence-corrected chi connectivity index (χ0v) is 16.3. The molecule has 0 aliphatic carbocycles. The van der Waals surface area contributed by atoms with Gasteiger partial charge in [-0.05, 0) is 24.6 Å². The number of hydrogen-bond donors (Lipinski definition) is 2. The maximum atomic E-state index is 12.1. The SMILES string of the molecule is CCN(CC)CCNC(=O)Nc1sc(C(C)(C)C)cc1C(=O)OC. The molecule has 1 rings (SSSR count). The quantitative estimate of drug-likeness (QED) is 0.736. The lowest BCUT2D eigenvalue weighted by atomic mass is 9.94. The maximum absolute atomic E-state index is 12.1. The first-order valence-electron chi connectivity index (χ1n) is 8.22. The summed E-state index contributed by atoms with van der Waals surface area (Å²) in [6, 6.07) is 1.48. The number of hydrogen-bond acceptors (Lipinski definition) is 5. The molecule has 0 aliphatic heterocycles. The Morgan fingerprint density at radius 2 is 1.88 bits per heavy atom. The van der Waals surface area contributed by atoms with E-state index in [1.807, 2.05) is 0 Å². The van der Waals surface area contributed by atoms with E-state index in [2.05, 4.69) is 50.2 Å². The van der Waals surface area contributed by atoms with E-state index in [0.717, 1.165) is 24.5 Å². The lowest BCUT2D eigenvalue weighted by Gasteiger charge is -2.18. The fourth-order valence-corrected chi connectivity index (χ4v) is 3.23. The molecule has 0 spiro atoms. The lowest BCUT2D eigenvalue weighted by molar-refractivity contribution is 0.0602. The summed E-state index contributed by atoms with van der Waals surface area (Å²) in [5, 5.41) is 6.12. The second-order valence-corrected chi connectivity index (χ2v) is 7.56. The van der Waals surface area contributed by atoms with Gasteiger partial charge in [0.1, 0.15) is 5.00 Å². The van der Waals surface area contributed by atoms with Crippen molar-refractivity contribution in [3.63, 3.8) is 0 Å². The van der Waals surface area contributed by atoms with Crippen molar-refractivity contribution in [3.05, 3.63) is 16.5 Å². The maximum Gasteiger partial charge on any atom is 0.340 e. The van der Waals surface area contributed by atoms with Crippen molar-refractivity contribution in [1.29, 1.82) is 0 Å². The first kappa shape index (κ1) is 20.4. The van der Waals surface area contributed by atoms with Gasteiger partial charge in [-0.1, -0.05) is 34.6 Å². The van der Waals surface area contributed by atoms with E-state index in [0.29, 0.717) is 17.1 Å². The number of likely N-dealkylation sites (N-methyl/N-ethyl adjacent to an activating group) is 1. The number of thiophene rings is 1. The second-order valence-electron chi connectivity index (χ2n) is 6.50. The fraction of sp³-hybridized carbons (Fsp3) is 0.647. The Morgan fingerprint density at radius 1 is 1.25 bits per heavy atom. The summed E-state index contributed by atoms with van der Waals surface area (Å²) in [4.78, 5) is 27.3. The van der Waals surface area contributed by atoms with Gasteiger partial charge in [0.2, 0.25) is 0 Å². The van der Waals surface area contributed by atoms with Crippen molar-refractivity contribution >= 4 is 28.3 Å². The van der Waals surface area contributed by atoms with E-state index in [1.165, 1.54) is 18.4 Å². The predicted molar refractivity (Wildman–Crippen MR) is 99.2 cm³/mol. The van der Waals surface area contributed by atoms with Gasteiger partial charge >= 0.3 is 12.0 Å². The summed E-state index contributed by atoms with van der Waals surface area (Å²) >= 11 is 1.40. The van der Waals surface area contributed by atoms with Crippen molar-refractivity contribution < 1.29 is 14.3 Å². The predicted octanol–water partition coefficient (Wildman–Crippen LogP) is 3.30. The van der Waals surface area contributed by atoms with Crippen LogP contribution in [0.2, 0.25) is 0 Å². The monoisotopic (exact) mass is 355 g/mol. The largest absolute Gasteiger partial charge is 0.465 e. The number of nitrogens with one attached hydrogen (secondary N) is 2. The van der Waals surface area contributed by atoms with Crippen LogP contribution in [0.25, 0.3) is 0 Å². The van der Waals surface area contributed by atoms with Gasteiger partial charge in [-0.25, -0.2) is 9.59 Å². The van der Waals surface area contributed by atoms with Gasteiger partial charge in [0.15, 0.2) is 0 Å². The molecule has 0 unspecified atom stereocenters. The smallest absolute Gasteiger partial charge is 0.340 e. The van der Waals surface area contributed by atoms with Crippen molar-refractivity contribution in [1.82, 2.24) is 10.2 Å². The Bertz CT molecular complexity index is 560. The number of esters is 1. The average molecular weight is 356 g/mol. The molecule has 0 bridgehead atoms. The molecule has 6 nitrogen and oxygen atoms in total. The Balaban J connectivity index is 2.76. The van der Waals surface area contributed by atoms with Crippen LogP contribution in [0.15, 0.2) is 6.07 Å². The van der Waals surface area contributed by atoms with E-state index in [4.69, 9.17) is 4.74 Å². The van der Waals surface area contributed by atoms with Gasteiger partial charge in [0.25, 0.3) is 0 Å². The molecule has 0 saturated carbocycles. The molecule has 0 radical (unpaired) electrons. The van der Waals surface area contributed by atoms with Crippen LogP contribution in [-0.4, -0.2) is 50.2 Å².